The Kier molecular flexibility index (Phi) is 3.02. The first kappa shape index (κ1) is 12.5. The molecule has 96 valence electrons. The first-order chi connectivity index (χ1) is 8.43. The Morgan fingerprint density at radius 3 is 2.72 bits per heavy atom. The molecule has 0 atom stereocenters. The van der Waals surface area contributed by atoms with Gasteiger partial charge in [0.05, 0.1) is 11.1 Å². The summed E-state index contributed by atoms with van der Waals surface area (Å²) >= 11 is 0. The zero-order valence-electron chi connectivity index (χ0n) is 9.56. The lowest BCUT2D eigenvalue weighted by Gasteiger charge is -2.07. The van der Waals surface area contributed by atoms with E-state index in [4.69, 9.17) is 0 Å². The molecule has 0 aliphatic carbocycles. The van der Waals surface area contributed by atoms with E-state index in [1.165, 1.54) is 18.2 Å². The van der Waals surface area contributed by atoms with Crippen molar-refractivity contribution in [2.45, 2.75) is 13.1 Å². The molecule has 18 heavy (non-hydrogen) atoms. The molecule has 6 heteroatoms. The normalized spacial score (nSPS) is 11.8. The van der Waals surface area contributed by atoms with E-state index in [9.17, 15) is 18.0 Å². The minimum Gasteiger partial charge on any atom is -0.351 e. The van der Waals surface area contributed by atoms with Gasteiger partial charge < -0.3 is 10.3 Å². The highest BCUT2D eigenvalue weighted by molar-refractivity contribution is 5.98. The third-order valence-electron chi connectivity index (χ3n) is 2.54. The monoisotopic (exact) mass is 256 g/mol. The van der Waals surface area contributed by atoms with Crippen molar-refractivity contribution in [3.63, 3.8) is 0 Å². The Morgan fingerprint density at radius 1 is 1.39 bits per heavy atom. The van der Waals surface area contributed by atoms with E-state index in [2.05, 4.69) is 10.3 Å². The highest BCUT2D eigenvalue weighted by Crippen LogP contribution is 2.34. The van der Waals surface area contributed by atoms with Gasteiger partial charge in [0.1, 0.15) is 5.69 Å². The fraction of sp³-hybridized carbons (Fsp3) is 0.250. The number of halogens is 3. The highest BCUT2D eigenvalue weighted by atomic mass is 19.4. The molecule has 2 aromatic rings. The minimum atomic E-state index is -4.44. The molecule has 0 bridgehead atoms. The summed E-state index contributed by atoms with van der Waals surface area (Å²) in [5.41, 5.74) is -0.703. The summed E-state index contributed by atoms with van der Waals surface area (Å²) in [5, 5.41) is 2.90. The van der Waals surface area contributed by atoms with Gasteiger partial charge in [-0.1, -0.05) is 12.1 Å². The van der Waals surface area contributed by atoms with Crippen LogP contribution in [-0.2, 0) is 6.18 Å². The van der Waals surface area contributed by atoms with Crippen LogP contribution in [0.5, 0.6) is 0 Å². The zero-order chi connectivity index (χ0) is 13.3. The number of hydrogen-bond donors (Lipinski definition) is 2. The van der Waals surface area contributed by atoms with Crippen molar-refractivity contribution in [2.24, 2.45) is 0 Å². The molecular formula is C12H11F3N2O. The molecule has 0 saturated heterocycles. The van der Waals surface area contributed by atoms with Gasteiger partial charge >= 0.3 is 6.18 Å². The largest absolute Gasteiger partial charge is 0.418 e. The zero-order valence-corrected chi connectivity index (χ0v) is 9.56. The van der Waals surface area contributed by atoms with E-state index in [1.54, 1.807) is 6.92 Å². The average Bonchev–Trinajstić information content (AvgIpc) is 2.71. The summed E-state index contributed by atoms with van der Waals surface area (Å²) in [6.45, 7) is 2.15. The number of rotatable bonds is 2. The van der Waals surface area contributed by atoms with E-state index in [-0.39, 0.29) is 11.2 Å². The van der Waals surface area contributed by atoms with Gasteiger partial charge in [-0.05, 0) is 19.1 Å². The van der Waals surface area contributed by atoms with Gasteiger partial charge in [0.2, 0.25) is 0 Å². The summed E-state index contributed by atoms with van der Waals surface area (Å²) in [4.78, 5) is 14.1. The van der Waals surface area contributed by atoms with Crippen molar-refractivity contribution in [2.75, 3.05) is 6.54 Å². The maximum absolute atomic E-state index is 12.8. The standard InChI is InChI=1S/C12H11F3N2O/c1-2-16-11(18)9-6-7-4-3-5-8(10(7)17-9)12(13,14)15/h3-6,17H,2H2,1H3,(H,16,18). The van der Waals surface area contributed by atoms with Gasteiger partial charge in [-0.3, -0.25) is 4.79 Å². The lowest BCUT2D eigenvalue weighted by Crippen LogP contribution is -2.22. The van der Waals surface area contributed by atoms with E-state index in [0.29, 0.717) is 11.9 Å². The number of para-hydroxylation sites is 1. The number of fused-ring (bicyclic) bond motifs is 1. The van der Waals surface area contributed by atoms with Crippen molar-refractivity contribution >= 4 is 16.8 Å². The molecule has 0 radical (unpaired) electrons. The lowest BCUT2D eigenvalue weighted by atomic mass is 10.1. The minimum absolute atomic E-state index is 0.0637. The number of hydrogen-bond acceptors (Lipinski definition) is 1. The molecule has 1 amide bonds. The number of aromatic amines is 1. The SMILES string of the molecule is CCNC(=O)c1cc2cccc(C(F)(F)F)c2[nH]1. The molecule has 2 rings (SSSR count). The second kappa shape index (κ2) is 4.36. The maximum atomic E-state index is 12.8. The van der Waals surface area contributed by atoms with E-state index >= 15 is 0 Å². The van der Waals surface area contributed by atoms with Crippen molar-refractivity contribution in [3.8, 4) is 0 Å². The smallest absolute Gasteiger partial charge is 0.351 e. The Labute approximate surface area is 101 Å². The van der Waals surface area contributed by atoms with Crippen molar-refractivity contribution in [1.82, 2.24) is 10.3 Å². The van der Waals surface area contributed by atoms with Gasteiger partial charge in [0, 0.05) is 11.9 Å². The number of aromatic nitrogens is 1. The summed E-state index contributed by atoms with van der Waals surface area (Å²) in [6.07, 6.45) is -4.44. The van der Waals surface area contributed by atoms with E-state index in [1.807, 2.05) is 0 Å². The molecule has 0 fully saturated rings. The number of nitrogens with one attached hydrogen (secondary N) is 2. The lowest BCUT2D eigenvalue weighted by molar-refractivity contribution is -0.136. The number of alkyl halides is 3. The fourth-order valence-corrected chi connectivity index (χ4v) is 1.77. The van der Waals surface area contributed by atoms with E-state index < -0.39 is 17.6 Å². The summed E-state index contributed by atoms with van der Waals surface area (Å²) in [6, 6.07) is 5.25. The van der Waals surface area contributed by atoms with Crippen LogP contribution in [0.15, 0.2) is 24.3 Å². The molecular weight excluding hydrogens is 245 g/mol. The number of amides is 1. The Balaban J connectivity index is 2.55. The predicted molar refractivity (Wildman–Crippen MR) is 61.3 cm³/mol. The fourth-order valence-electron chi connectivity index (χ4n) is 1.77. The second-order valence-electron chi connectivity index (χ2n) is 3.81. The average molecular weight is 256 g/mol. The number of carbonyl (C=O) groups excluding carboxylic acids is 1. The molecule has 1 heterocycles. The van der Waals surface area contributed by atoms with Gasteiger partial charge in [0.25, 0.3) is 5.91 Å². The van der Waals surface area contributed by atoms with Crippen LogP contribution in [0.1, 0.15) is 23.0 Å². The summed E-state index contributed by atoms with van der Waals surface area (Å²) in [7, 11) is 0. The molecule has 1 aromatic heterocycles. The number of benzene rings is 1. The third-order valence-corrected chi connectivity index (χ3v) is 2.54. The predicted octanol–water partition coefficient (Wildman–Crippen LogP) is 2.94. The van der Waals surface area contributed by atoms with Crippen LogP contribution < -0.4 is 5.32 Å². The van der Waals surface area contributed by atoms with Crippen LogP contribution in [0.3, 0.4) is 0 Å². The van der Waals surface area contributed by atoms with Crippen LogP contribution in [0.25, 0.3) is 10.9 Å². The Hall–Kier alpha value is -1.98. The molecule has 0 spiro atoms. The van der Waals surface area contributed by atoms with E-state index in [0.717, 1.165) is 6.07 Å². The van der Waals surface area contributed by atoms with Gasteiger partial charge in [-0.15, -0.1) is 0 Å². The molecule has 0 aliphatic rings. The number of carbonyl (C=O) groups is 1. The van der Waals surface area contributed by atoms with Crippen LogP contribution in [-0.4, -0.2) is 17.4 Å². The van der Waals surface area contributed by atoms with Crippen LogP contribution >= 0.6 is 0 Å². The second-order valence-corrected chi connectivity index (χ2v) is 3.81. The van der Waals surface area contributed by atoms with Gasteiger partial charge in [-0.2, -0.15) is 13.2 Å². The molecule has 3 nitrogen and oxygen atoms in total. The molecule has 0 aliphatic heterocycles. The van der Waals surface area contributed by atoms with Gasteiger partial charge in [-0.25, -0.2) is 0 Å². The third kappa shape index (κ3) is 2.18. The van der Waals surface area contributed by atoms with Crippen LogP contribution in [0.2, 0.25) is 0 Å². The first-order valence-corrected chi connectivity index (χ1v) is 5.40. The molecule has 0 saturated carbocycles. The molecule has 0 unspecified atom stereocenters. The van der Waals surface area contributed by atoms with Crippen LogP contribution in [0, 0.1) is 0 Å². The van der Waals surface area contributed by atoms with Gasteiger partial charge in [0.15, 0.2) is 0 Å². The first-order valence-electron chi connectivity index (χ1n) is 5.40. The maximum Gasteiger partial charge on any atom is 0.418 e. The quantitative estimate of drug-likeness (QED) is 0.852. The van der Waals surface area contributed by atoms with Crippen molar-refractivity contribution < 1.29 is 18.0 Å². The Morgan fingerprint density at radius 2 is 2.11 bits per heavy atom. The van der Waals surface area contributed by atoms with Crippen molar-refractivity contribution in [3.05, 3.63) is 35.5 Å². The summed E-state index contributed by atoms with van der Waals surface area (Å²) in [5.74, 6) is -0.415. The topological polar surface area (TPSA) is 44.9 Å². The van der Waals surface area contributed by atoms with Crippen LogP contribution in [0.4, 0.5) is 13.2 Å². The molecule has 1 aromatic carbocycles. The van der Waals surface area contributed by atoms with Crippen molar-refractivity contribution in [1.29, 1.82) is 0 Å². The number of H-pyrrole nitrogens is 1. The Bertz CT molecular complexity index is 587. The molecule has 2 N–H and O–H groups in total. The summed E-state index contributed by atoms with van der Waals surface area (Å²) < 4.78 is 38.3. The highest BCUT2D eigenvalue weighted by Gasteiger charge is 2.33.